The van der Waals surface area contributed by atoms with Gasteiger partial charge >= 0.3 is 0 Å². The van der Waals surface area contributed by atoms with Gasteiger partial charge in [-0.25, -0.2) is 8.42 Å². The van der Waals surface area contributed by atoms with Crippen LogP contribution in [0.2, 0.25) is 0 Å². The molecule has 9 nitrogen and oxygen atoms in total. The van der Waals surface area contributed by atoms with Crippen LogP contribution in [-0.2, 0) is 14.6 Å². The van der Waals surface area contributed by atoms with Gasteiger partial charge in [-0.15, -0.1) is 0 Å². The van der Waals surface area contributed by atoms with E-state index in [0.29, 0.717) is 12.2 Å². The molecule has 3 aromatic rings. The van der Waals surface area contributed by atoms with E-state index in [1.54, 1.807) is 18.2 Å². The number of benzene rings is 2. The molecule has 158 valence electrons. The van der Waals surface area contributed by atoms with Crippen molar-refractivity contribution in [3.05, 3.63) is 40.6 Å². The van der Waals surface area contributed by atoms with E-state index in [1.807, 2.05) is 0 Å². The number of nitrogens with one attached hydrogen (secondary N) is 1. The van der Waals surface area contributed by atoms with Gasteiger partial charge in [0, 0.05) is 18.2 Å². The Morgan fingerprint density at radius 1 is 1.33 bits per heavy atom. The highest BCUT2D eigenvalue weighted by Crippen LogP contribution is 2.33. The summed E-state index contributed by atoms with van der Waals surface area (Å²) in [6.45, 7) is -0.386. The van der Waals surface area contributed by atoms with Crippen LogP contribution < -0.4 is 20.2 Å². The Kier molecular flexibility index (Phi) is 5.02. The minimum absolute atomic E-state index is 0.0104. The number of methoxy groups -OCH3 is 1. The van der Waals surface area contributed by atoms with Crippen LogP contribution in [0.3, 0.4) is 0 Å². The zero-order chi connectivity index (χ0) is 21.5. The average Bonchev–Trinajstić information content (AvgIpc) is 3.04. The lowest BCUT2D eigenvalue weighted by molar-refractivity contribution is -0.123. The number of ether oxygens (including phenoxy) is 2. The summed E-state index contributed by atoms with van der Waals surface area (Å²) in [6.07, 6.45) is 0.366. The first kappa shape index (κ1) is 20.0. The Balaban J connectivity index is 1.59. The number of hydrogen-bond acceptors (Lipinski definition) is 8. The van der Waals surface area contributed by atoms with Crippen molar-refractivity contribution in [3.63, 3.8) is 0 Å². The van der Waals surface area contributed by atoms with Gasteiger partial charge < -0.3 is 24.3 Å². The first-order chi connectivity index (χ1) is 14.3. The lowest BCUT2D eigenvalue weighted by atomic mass is 10.1. The van der Waals surface area contributed by atoms with E-state index in [9.17, 15) is 23.1 Å². The topological polar surface area (TPSA) is 132 Å². The van der Waals surface area contributed by atoms with Crippen molar-refractivity contribution in [3.8, 4) is 17.2 Å². The fourth-order valence-corrected chi connectivity index (χ4v) is 5.17. The minimum Gasteiger partial charge on any atom is -0.507 e. The maximum Gasteiger partial charge on any atom is 0.258 e. The van der Waals surface area contributed by atoms with E-state index in [0.717, 1.165) is 0 Å². The van der Waals surface area contributed by atoms with Gasteiger partial charge in [0.1, 0.15) is 22.5 Å². The van der Waals surface area contributed by atoms with Crippen molar-refractivity contribution in [1.29, 1.82) is 0 Å². The molecule has 1 aliphatic heterocycles. The van der Waals surface area contributed by atoms with Crippen LogP contribution in [0.4, 0.5) is 0 Å². The van der Waals surface area contributed by atoms with Gasteiger partial charge in [0.25, 0.3) is 5.91 Å². The number of carbonyl (C=O) groups is 1. The third-order valence-electron chi connectivity index (χ3n) is 4.90. The minimum atomic E-state index is -3.11. The number of sulfone groups is 1. The van der Waals surface area contributed by atoms with Crippen LogP contribution in [0.5, 0.6) is 17.2 Å². The number of phenols is 1. The number of fused-ring (bicyclic) bond motifs is 2. The molecule has 1 fully saturated rings. The molecule has 0 bridgehead atoms. The number of aromatic hydroxyl groups is 1. The van der Waals surface area contributed by atoms with E-state index in [2.05, 4.69) is 5.32 Å². The molecule has 0 radical (unpaired) electrons. The molecule has 1 atom stereocenters. The van der Waals surface area contributed by atoms with E-state index < -0.39 is 27.2 Å². The molecule has 10 heteroatoms. The summed E-state index contributed by atoms with van der Waals surface area (Å²) >= 11 is 0. The van der Waals surface area contributed by atoms with Gasteiger partial charge in [0.05, 0.1) is 24.0 Å². The molecular weight excluding hydrogens is 414 g/mol. The first-order valence-corrected chi connectivity index (χ1v) is 11.0. The van der Waals surface area contributed by atoms with Crippen LogP contribution in [0.1, 0.15) is 6.42 Å². The maximum atomic E-state index is 12.8. The zero-order valence-electron chi connectivity index (χ0n) is 16.0. The van der Waals surface area contributed by atoms with Crippen molar-refractivity contribution in [2.24, 2.45) is 0 Å². The average molecular weight is 433 g/mol. The highest BCUT2D eigenvalue weighted by Gasteiger charge is 2.29. The van der Waals surface area contributed by atoms with Crippen LogP contribution >= 0.6 is 0 Å². The number of hydrogen-bond donors (Lipinski definition) is 2. The second kappa shape index (κ2) is 7.52. The SMILES string of the molecule is COc1cccc2c(=O)c3c(O)cc(OCC(=O)N[C@@H]4CCS(=O)(=O)C4)cc3oc12. The molecule has 2 heterocycles. The lowest BCUT2D eigenvalue weighted by Gasteiger charge is -2.12. The molecule has 1 amide bonds. The molecule has 0 spiro atoms. The van der Waals surface area contributed by atoms with Gasteiger partial charge in [0.15, 0.2) is 27.8 Å². The fourth-order valence-electron chi connectivity index (χ4n) is 3.50. The Morgan fingerprint density at radius 2 is 2.13 bits per heavy atom. The van der Waals surface area contributed by atoms with Crippen LogP contribution in [0.15, 0.2) is 39.5 Å². The largest absolute Gasteiger partial charge is 0.507 e. The summed E-state index contributed by atoms with van der Waals surface area (Å²) in [5, 5.41) is 13.2. The van der Waals surface area contributed by atoms with E-state index in [4.69, 9.17) is 13.9 Å². The van der Waals surface area contributed by atoms with Crippen LogP contribution in [0, 0.1) is 0 Å². The smallest absolute Gasteiger partial charge is 0.258 e. The highest BCUT2D eigenvalue weighted by molar-refractivity contribution is 7.91. The molecule has 30 heavy (non-hydrogen) atoms. The van der Waals surface area contributed by atoms with Crippen molar-refractivity contribution in [2.75, 3.05) is 25.2 Å². The summed E-state index contributed by atoms with van der Waals surface area (Å²) in [6, 6.07) is 7.04. The van der Waals surface area contributed by atoms with Gasteiger partial charge in [-0.3, -0.25) is 9.59 Å². The van der Waals surface area contributed by atoms with Crippen molar-refractivity contribution >= 4 is 37.7 Å². The molecule has 0 aliphatic carbocycles. The van der Waals surface area contributed by atoms with Gasteiger partial charge in [0.2, 0.25) is 5.43 Å². The van der Waals surface area contributed by atoms with E-state index in [1.165, 1.54) is 19.2 Å². The van der Waals surface area contributed by atoms with Crippen LogP contribution in [0.25, 0.3) is 21.9 Å². The molecule has 2 aromatic carbocycles. The molecule has 2 N–H and O–H groups in total. The predicted octanol–water partition coefficient (Wildman–Crippen LogP) is 1.34. The number of carbonyl (C=O) groups excluding carboxylic acids is 1. The Bertz CT molecular complexity index is 1310. The van der Waals surface area contributed by atoms with Crippen molar-refractivity contribution in [1.82, 2.24) is 5.32 Å². The third-order valence-corrected chi connectivity index (χ3v) is 6.67. The molecule has 1 saturated heterocycles. The van der Waals surface area contributed by atoms with E-state index >= 15 is 0 Å². The summed E-state index contributed by atoms with van der Waals surface area (Å²) in [5.74, 6) is -0.389. The summed E-state index contributed by atoms with van der Waals surface area (Å²) in [7, 11) is -1.66. The number of phenolic OH excluding ortho intramolecular Hbond substituents is 1. The normalized spacial score (nSPS) is 17.8. The summed E-state index contributed by atoms with van der Waals surface area (Å²) < 4.78 is 39.4. The standard InChI is InChI=1S/C20H19NO8S/c1-27-15-4-2-3-13-19(24)18-14(22)7-12(8-16(18)29-20(13)15)28-9-17(23)21-11-5-6-30(25,26)10-11/h2-4,7-8,11,22H,5-6,9-10H2,1H3,(H,21,23)/t11-/m1/s1. The van der Waals surface area contributed by atoms with Gasteiger partial charge in [-0.2, -0.15) is 0 Å². The molecular formula is C20H19NO8S. The molecule has 0 unspecified atom stereocenters. The van der Waals surface area contributed by atoms with Crippen molar-refractivity contribution in [2.45, 2.75) is 12.5 Å². The summed E-state index contributed by atoms with van der Waals surface area (Å²) in [5.41, 5.74) is -0.113. The Labute approximate surface area is 171 Å². The molecule has 0 saturated carbocycles. The molecule has 1 aromatic heterocycles. The fraction of sp³-hybridized carbons (Fsp3) is 0.300. The maximum absolute atomic E-state index is 12.8. The Morgan fingerprint density at radius 3 is 2.83 bits per heavy atom. The van der Waals surface area contributed by atoms with Crippen LogP contribution in [-0.4, -0.2) is 50.7 Å². The molecule has 4 rings (SSSR count). The number of rotatable bonds is 5. The van der Waals surface area contributed by atoms with E-state index in [-0.39, 0.29) is 51.6 Å². The number of amides is 1. The third kappa shape index (κ3) is 3.78. The first-order valence-electron chi connectivity index (χ1n) is 9.16. The van der Waals surface area contributed by atoms with Gasteiger partial charge in [-0.1, -0.05) is 6.07 Å². The lowest BCUT2D eigenvalue weighted by Crippen LogP contribution is -2.38. The summed E-state index contributed by atoms with van der Waals surface area (Å²) in [4.78, 5) is 24.8. The highest BCUT2D eigenvalue weighted by atomic mass is 32.2. The molecule has 1 aliphatic rings. The van der Waals surface area contributed by atoms with Crippen molar-refractivity contribution < 1.29 is 32.2 Å². The second-order valence-corrected chi connectivity index (χ2v) is 9.27. The number of para-hydroxylation sites is 1. The Hall–Kier alpha value is -3.27. The quantitative estimate of drug-likeness (QED) is 0.576. The second-order valence-electron chi connectivity index (χ2n) is 7.04. The predicted molar refractivity (Wildman–Crippen MR) is 109 cm³/mol. The monoisotopic (exact) mass is 433 g/mol. The van der Waals surface area contributed by atoms with Gasteiger partial charge in [-0.05, 0) is 18.6 Å². The zero-order valence-corrected chi connectivity index (χ0v) is 16.8.